The molecule has 0 amide bonds. The highest BCUT2D eigenvalue weighted by molar-refractivity contribution is 9.10. The molecule has 2 rings (SSSR count). The maximum Gasteiger partial charge on any atom is 0.0410 e. The van der Waals surface area contributed by atoms with E-state index in [0.717, 1.165) is 16.9 Å². The van der Waals surface area contributed by atoms with Crippen molar-refractivity contribution in [1.29, 1.82) is 0 Å². The number of hydrogen-bond donors (Lipinski definition) is 0. The molecule has 1 aliphatic heterocycles. The number of nitrogens with zero attached hydrogens (tertiary/aromatic N) is 3. The van der Waals surface area contributed by atoms with Crippen LogP contribution in [0.25, 0.3) is 0 Å². The Morgan fingerprint density at radius 1 is 1.33 bits per heavy atom. The highest BCUT2D eigenvalue weighted by Gasteiger charge is 2.19. The van der Waals surface area contributed by atoms with E-state index in [2.05, 4.69) is 50.9 Å². The van der Waals surface area contributed by atoms with Crippen LogP contribution in [0.2, 0.25) is 0 Å². The van der Waals surface area contributed by atoms with Gasteiger partial charge in [0.15, 0.2) is 0 Å². The van der Waals surface area contributed by atoms with E-state index in [-0.39, 0.29) is 0 Å². The Hall–Kier alpha value is -0.450. The van der Waals surface area contributed by atoms with E-state index < -0.39 is 0 Å². The molecule has 18 heavy (non-hydrogen) atoms. The van der Waals surface area contributed by atoms with Gasteiger partial charge in [-0.25, -0.2) is 0 Å². The molecule has 3 nitrogen and oxygen atoms in total. The van der Waals surface area contributed by atoms with Gasteiger partial charge in [0.1, 0.15) is 0 Å². The van der Waals surface area contributed by atoms with Crippen LogP contribution in [0.15, 0.2) is 22.9 Å². The third kappa shape index (κ3) is 4.34. The molecule has 1 aromatic heterocycles. The molecule has 0 spiro atoms. The Bertz CT molecular complexity index is 373. The van der Waals surface area contributed by atoms with E-state index in [1.807, 2.05) is 12.4 Å². The highest BCUT2D eigenvalue weighted by Crippen LogP contribution is 2.20. The van der Waals surface area contributed by atoms with Gasteiger partial charge in [0, 0.05) is 30.0 Å². The molecule has 100 valence electrons. The lowest BCUT2D eigenvalue weighted by Gasteiger charge is -2.33. The first-order valence-electron chi connectivity index (χ1n) is 6.60. The van der Waals surface area contributed by atoms with Gasteiger partial charge in [-0.1, -0.05) is 0 Å². The standard InChI is InChI=1S/C14H22BrN3/c1-17(2)10-12-3-5-18(6-4-12)11-13-7-14(15)9-16-8-13/h7-9,12H,3-6,10-11H2,1-2H3. The Morgan fingerprint density at radius 3 is 2.67 bits per heavy atom. The molecular weight excluding hydrogens is 290 g/mol. The summed E-state index contributed by atoms with van der Waals surface area (Å²) in [5.74, 6) is 0.872. The molecule has 0 N–H and O–H groups in total. The summed E-state index contributed by atoms with van der Waals surface area (Å²) in [7, 11) is 4.33. The van der Waals surface area contributed by atoms with E-state index in [0.29, 0.717) is 0 Å². The first kappa shape index (κ1) is 14.0. The summed E-state index contributed by atoms with van der Waals surface area (Å²) in [5.41, 5.74) is 1.30. The average molecular weight is 312 g/mol. The van der Waals surface area contributed by atoms with Crippen LogP contribution in [0, 0.1) is 5.92 Å². The van der Waals surface area contributed by atoms with Gasteiger partial charge < -0.3 is 4.90 Å². The van der Waals surface area contributed by atoms with Crippen molar-refractivity contribution in [1.82, 2.24) is 14.8 Å². The smallest absolute Gasteiger partial charge is 0.0410 e. The van der Waals surface area contributed by atoms with Crippen LogP contribution >= 0.6 is 15.9 Å². The van der Waals surface area contributed by atoms with Crippen LogP contribution in [-0.4, -0.2) is 48.5 Å². The van der Waals surface area contributed by atoms with Crippen molar-refractivity contribution in [3.8, 4) is 0 Å². The van der Waals surface area contributed by atoms with Crippen molar-refractivity contribution < 1.29 is 0 Å². The van der Waals surface area contributed by atoms with Gasteiger partial charge in [0.25, 0.3) is 0 Å². The van der Waals surface area contributed by atoms with Gasteiger partial charge in [-0.15, -0.1) is 0 Å². The minimum Gasteiger partial charge on any atom is -0.309 e. The Kier molecular flexibility index (Phi) is 5.15. The predicted molar refractivity (Wildman–Crippen MR) is 78.5 cm³/mol. The van der Waals surface area contributed by atoms with Crippen molar-refractivity contribution in [2.24, 2.45) is 5.92 Å². The van der Waals surface area contributed by atoms with Crippen molar-refractivity contribution in [2.45, 2.75) is 19.4 Å². The van der Waals surface area contributed by atoms with E-state index in [1.54, 1.807) is 0 Å². The SMILES string of the molecule is CN(C)CC1CCN(Cc2cncc(Br)c2)CC1. The molecule has 0 bridgehead atoms. The van der Waals surface area contributed by atoms with Crippen LogP contribution in [0.3, 0.4) is 0 Å². The molecule has 0 aliphatic carbocycles. The number of aromatic nitrogens is 1. The minimum absolute atomic E-state index is 0.872. The largest absolute Gasteiger partial charge is 0.309 e. The van der Waals surface area contributed by atoms with Gasteiger partial charge in [0.2, 0.25) is 0 Å². The van der Waals surface area contributed by atoms with Gasteiger partial charge in [-0.2, -0.15) is 0 Å². The first-order chi connectivity index (χ1) is 8.63. The summed E-state index contributed by atoms with van der Waals surface area (Å²) < 4.78 is 1.07. The Morgan fingerprint density at radius 2 is 2.06 bits per heavy atom. The Labute approximate surface area is 118 Å². The number of hydrogen-bond acceptors (Lipinski definition) is 3. The minimum atomic E-state index is 0.872. The van der Waals surface area contributed by atoms with E-state index in [9.17, 15) is 0 Å². The number of halogens is 1. The topological polar surface area (TPSA) is 19.4 Å². The molecule has 4 heteroatoms. The van der Waals surface area contributed by atoms with Crippen molar-refractivity contribution >= 4 is 15.9 Å². The van der Waals surface area contributed by atoms with Crippen molar-refractivity contribution in [3.63, 3.8) is 0 Å². The van der Waals surface area contributed by atoms with E-state index in [4.69, 9.17) is 0 Å². The van der Waals surface area contributed by atoms with Crippen LogP contribution in [-0.2, 0) is 6.54 Å². The second kappa shape index (κ2) is 6.64. The van der Waals surface area contributed by atoms with E-state index in [1.165, 1.54) is 38.0 Å². The van der Waals surface area contributed by atoms with Crippen LogP contribution in [0.1, 0.15) is 18.4 Å². The molecule has 0 aromatic carbocycles. The second-order valence-electron chi connectivity index (χ2n) is 5.49. The van der Waals surface area contributed by atoms with Gasteiger partial charge in [-0.3, -0.25) is 9.88 Å². The molecule has 1 fully saturated rings. The lowest BCUT2D eigenvalue weighted by molar-refractivity contribution is 0.157. The first-order valence-corrected chi connectivity index (χ1v) is 7.39. The second-order valence-corrected chi connectivity index (χ2v) is 6.41. The molecule has 0 radical (unpaired) electrons. The molecular formula is C14H22BrN3. The summed E-state index contributed by atoms with van der Waals surface area (Å²) in [4.78, 5) is 9.07. The molecule has 2 heterocycles. The van der Waals surface area contributed by atoms with Crippen LogP contribution in [0.5, 0.6) is 0 Å². The molecule has 1 aliphatic rings. The Balaban J connectivity index is 1.80. The summed E-state index contributed by atoms with van der Waals surface area (Å²) in [6.07, 6.45) is 6.45. The van der Waals surface area contributed by atoms with Crippen LogP contribution in [0.4, 0.5) is 0 Å². The van der Waals surface area contributed by atoms with Gasteiger partial charge in [0.05, 0.1) is 0 Å². The fraction of sp³-hybridized carbons (Fsp3) is 0.643. The van der Waals surface area contributed by atoms with Crippen molar-refractivity contribution in [3.05, 3.63) is 28.5 Å². The zero-order chi connectivity index (χ0) is 13.0. The van der Waals surface area contributed by atoms with Gasteiger partial charge in [-0.05, 0) is 73.5 Å². The van der Waals surface area contributed by atoms with Crippen LogP contribution < -0.4 is 0 Å². The average Bonchev–Trinajstić information content (AvgIpc) is 2.31. The third-order valence-corrected chi connectivity index (χ3v) is 3.93. The summed E-state index contributed by atoms with van der Waals surface area (Å²) >= 11 is 3.48. The zero-order valence-electron chi connectivity index (χ0n) is 11.3. The quantitative estimate of drug-likeness (QED) is 0.852. The summed E-state index contributed by atoms with van der Waals surface area (Å²) in [6.45, 7) is 4.68. The molecule has 0 saturated carbocycles. The third-order valence-electron chi connectivity index (χ3n) is 3.50. The monoisotopic (exact) mass is 311 g/mol. The van der Waals surface area contributed by atoms with Gasteiger partial charge >= 0.3 is 0 Å². The fourth-order valence-electron chi connectivity index (χ4n) is 2.64. The maximum atomic E-state index is 4.22. The summed E-state index contributed by atoms with van der Waals surface area (Å²) in [5, 5.41) is 0. The number of piperidine rings is 1. The number of pyridine rings is 1. The lowest BCUT2D eigenvalue weighted by atomic mass is 9.96. The normalized spacial score (nSPS) is 18.4. The zero-order valence-corrected chi connectivity index (χ0v) is 12.9. The number of rotatable bonds is 4. The summed E-state index contributed by atoms with van der Waals surface area (Å²) in [6, 6.07) is 2.17. The molecule has 1 aromatic rings. The van der Waals surface area contributed by atoms with Crippen molar-refractivity contribution in [2.75, 3.05) is 33.7 Å². The highest BCUT2D eigenvalue weighted by atomic mass is 79.9. The lowest BCUT2D eigenvalue weighted by Crippen LogP contribution is -2.36. The van der Waals surface area contributed by atoms with E-state index >= 15 is 0 Å². The molecule has 0 unspecified atom stereocenters. The molecule has 1 saturated heterocycles. The molecule has 0 atom stereocenters. The predicted octanol–water partition coefficient (Wildman–Crippen LogP) is 2.62. The number of likely N-dealkylation sites (tertiary alicyclic amines) is 1. The fourth-order valence-corrected chi connectivity index (χ4v) is 3.06. The maximum absolute atomic E-state index is 4.22.